The molecule has 0 bridgehead atoms. The highest BCUT2D eigenvalue weighted by Gasteiger charge is 2.47. The standard InChI is InChI=1S/C73H54BN5/c1-73(2,3)61-48-66-68-69(67(61)72-76-70(55-30-18-8-19-31-55)75-71(77-72)56-32-20-9-21-33-56)79(60-42-36-54(37-43-60)50-24-12-5-13-25-50)65-45-39-58(52-28-16-7-17-29-52)47-63(65)74(68)62-46-57(51-26-14-6-15-27-51)38-44-64(62)78(66)59-40-34-53(35-41-59)49-22-10-4-11-23-49/h4-48H,1-3H3. The summed E-state index contributed by atoms with van der Waals surface area (Å²) in [6.45, 7) is 6.75. The molecule has 0 unspecified atom stereocenters. The van der Waals surface area contributed by atoms with Crippen molar-refractivity contribution in [2.75, 3.05) is 9.80 Å². The molecule has 0 saturated heterocycles. The van der Waals surface area contributed by atoms with Crippen molar-refractivity contribution in [3.05, 3.63) is 279 Å². The highest BCUT2D eigenvalue weighted by molar-refractivity contribution is 7.00. The number of nitrogens with zero attached hydrogens (tertiary/aromatic N) is 5. The monoisotopic (exact) mass is 1010 g/mol. The molecule has 0 aliphatic carbocycles. The average Bonchev–Trinajstić information content (AvgIpc) is 3.66. The number of anilines is 6. The Kier molecular flexibility index (Phi) is 11.8. The molecule has 2 aliphatic heterocycles. The largest absolute Gasteiger partial charge is 0.311 e. The first kappa shape index (κ1) is 47.5. The molecule has 79 heavy (non-hydrogen) atoms. The van der Waals surface area contributed by atoms with E-state index in [2.05, 4.69) is 291 Å². The Labute approximate surface area is 463 Å². The molecular formula is C73H54BN5. The smallest absolute Gasteiger partial charge is 0.252 e. The maximum Gasteiger partial charge on any atom is 0.252 e. The lowest BCUT2D eigenvalue weighted by atomic mass is 9.33. The van der Waals surface area contributed by atoms with Crippen LogP contribution in [0.5, 0.6) is 0 Å². The molecule has 12 aromatic rings. The van der Waals surface area contributed by atoms with Crippen LogP contribution in [0.1, 0.15) is 26.3 Å². The van der Waals surface area contributed by atoms with Gasteiger partial charge in [0.2, 0.25) is 0 Å². The van der Waals surface area contributed by atoms with Gasteiger partial charge in [0.05, 0.1) is 5.69 Å². The molecule has 11 aromatic carbocycles. The Bertz CT molecular complexity index is 4080. The van der Waals surface area contributed by atoms with E-state index >= 15 is 0 Å². The zero-order chi connectivity index (χ0) is 53.0. The van der Waals surface area contributed by atoms with Gasteiger partial charge in [0.15, 0.2) is 17.5 Å². The summed E-state index contributed by atoms with van der Waals surface area (Å²) in [4.78, 5) is 21.5. The minimum absolute atomic E-state index is 0.223. The van der Waals surface area contributed by atoms with Crippen LogP contribution in [0, 0.1) is 0 Å². The number of hydrogen-bond donors (Lipinski definition) is 0. The van der Waals surface area contributed by atoms with Gasteiger partial charge in [-0.2, -0.15) is 0 Å². The fourth-order valence-corrected chi connectivity index (χ4v) is 11.9. The zero-order valence-corrected chi connectivity index (χ0v) is 44.3. The molecule has 14 rings (SSSR count). The summed E-state index contributed by atoms with van der Waals surface area (Å²) in [6.07, 6.45) is 0. The van der Waals surface area contributed by atoms with Crippen LogP contribution in [0.3, 0.4) is 0 Å². The first-order valence-corrected chi connectivity index (χ1v) is 27.2. The van der Waals surface area contributed by atoms with E-state index in [4.69, 9.17) is 15.0 Å². The molecule has 6 heteroatoms. The fraction of sp³-hybridized carbons (Fsp3) is 0.0548. The number of rotatable bonds is 9. The van der Waals surface area contributed by atoms with Crippen molar-refractivity contribution in [2.24, 2.45) is 0 Å². The average molecular weight is 1010 g/mol. The van der Waals surface area contributed by atoms with Gasteiger partial charge in [-0.15, -0.1) is 0 Å². The lowest BCUT2D eigenvalue weighted by molar-refractivity contribution is 0.591. The van der Waals surface area contributed by atoms with Gasteiger partial charge in [-0.25, -0.2) is 15.0 Å². The molecule has 0 saturated carbocycles. The van der Waals surface area contributed by atoms with Gasteiger partial charge in [0.1, 0.15) is 0 Å². The molecule has 0 radical (unpaired) electrons. The third kappa shape index (κ3) is 8.59. The van der Waals surface area contributed by atoms with Crippen LogP contribution < -0.4 is 26.2 Å². The van der Waals surface area contributed by atoms with Crippen molar-refractivity contribution in [3.63, 3.8) is 0 Å². The van der Waals surface area contributed by atoms with Crippen LogP contribution in [-0.4, -0.2) is 21.7 Å². The summed E-state index contributed by atoms with van der Waals surface area (Å²) in [5.41, 5.74) is 22.9. The SMILES string of the molecule is CC(C)(C)c1cc2c3c(c1-c1nc(-c4ccccc4)nc(-c4ccccc4)n1)N(c1ccc(-c4ccccc4)cc1)c1ccc(-c4ccccc4)cc1B3c1cc(-c3ccccc3)ccc1N2c1ccc(-c2ccccc2)cc1. The number of benzene rings is 11. The fourth-order valence-electron chi connectivity index (χ4n) is 11.9. The molecule has 2 aliphatic rings. The first-order chi connectivity index (χ1) is 38.8. The topological polar surface area (TPSA) is 45.2 Å². The molecule has 0 atom stereocenters. The Morgan fingerprint density at radius 2 is 0.633 bits per heavy atom. The highest BCUT2D eigenvalue weighted by atomic mass is 15.2. The predicted octanol–water partition coefficient (Wildman–Crippen LogP) is 16.9. The van der Waals surface area contributed by atoms with Crippen LogP contribution in [0.25, 0.3) is 78.7 Å². The maximum atomic E-state index is 5.62. The van der Waals surface area contributed by atoms with E-state index < -0.39 is 5.41 Å². The van der Waals surface area contributed by atoms with Crippen LogP contribution in [0.4, 0.5) is 34.1 Å². The van der Waals surface area contributed by atoms with E-state index in [1.807, 2.05) is 12.1 Å². The molecule has 0 spiro atoms. The van der Waals surface area contributed by atoms with Gasteiger partial charge < -0.3 is 9.80 Å². The van der Waals surface area contributed by atoms with Gasteiger partial charge in [-0.05, 0) is 114 Å². The summed E-state index contributed by atoms with van der Waals surface area (Å²) < 4.78 is 0. The molecule has 5 nitrogen and oxygen atoms in total. The zero-order valence-electron chi connectivity index (χ0n) is 44.3. The summed E-state index contributed by atoms with van der Waals surface area (Å²) in [7, 11) is 0. The highest BCUT2D eigenvalue weighted by Crippen LogP contribution is 2.52. The summed E-state index contributed by atoms with van der Waals surface area (Å²) in [6, 6.07) is 98.5. The van der Waals surface area contributed by atoms with Gasteiger partial charge in [0, 0.05) is 45.1 Å². The third-order valence-corrected chi connectivity index (χ3v) is 15.6. The van der Waals surface area contributed by atoms with E-state index in [-0.39, 0.29) is 6.71 Å². The predicted molar refractivity (Wildman–Crippen MR) is 331 cm³/mol. The molecule has 3 heterocycles. The van der Waals surface area contributed by atoms with Crippen molar-refractivity contribution in [1.29, 1.82) is 0 Å². The van der Waals surface area contributed by atoms with Crippen LogP contribution in [-0.2, 0) is 5.41 Å². The van der Waals surface area contributed by atoms with Crippen molar-refractivity contribution < 1.29 is 0 Å². The molecule has 1 aromatic heterocycles. The van der Waals surface area contributed by atoms with Gasteiger partial charge in [-0.3, -0.25) is 0 Å². The van der Waals surface area contributed by atoms with Crippen LogP contribution >= 0.6 is 0 Å². The quantitative estimate of drug-likeness (QED) is 0.135. The van der Waals surface area contributed by atoms with Crippen LogP contribution in [0.15, 0.2) is 273 Å². The van der Waals surface area contributed by atoms with E-state index in [0.29, 0.717) is 17.5 Å². The first-order valence-electron chi connectivity index (χ1n) is 27.2. The molecule has 374 valence electrons. The lowest BCUT2D eigenvalue weighted by Crippen LogP contribution is -2.61. The van der Waals surface area contributed by atoms with Crippen molar-refractivity contribution in [2.45, 2.75) is 26.2 Å². The minimum atomic E-state index is -0.413. The Balaban J connectivity index is 1.13. The van der Waals surface area contributed by atoms with E-state index in [0.717, 1.165) is 78.6 Å². The molecular weight excluding hydrogens is 958 g/mol. The van der Waals surface area contributed by atoms with Crippen molar-refractivity contribution in [1.82, 2.24) is 15.0 Å². The van der Waals surface area contributed by atoms with Gasteiger partial charge >= 0.3 is 0 Å². The summed E-state index contributed by atoms with van der Waals surface area (Å²) >= 11 is 0. The number of hydrogen-bond acceptors (Lipinski definition) is 5. The second-order valence-electron chi connectivity index (χ2n) is 21.6. The second-order valence-corrected chi connectivity index (χ2v) is 21.6. The minimum Gasteiger partial charge on any atom is -0.311 e. The van der Waals surface area contributed by atoms with Gasteiger partial charge in [0.25, 0.3) is 6.71 Å². The number of aromatic nitrogens is 3. The lowest BCUT2D eigenvalue weighted by Gasteiger charge is -2.46. The Hall–Kier alpha value is -9.91. The normalized spacial score (nSPS) is 12.4. The molecule has 0 N–H and O–H groups in total. The van der Waals surface area contributed by atoms with E-state index in [1.165, 1.54) is 38.6 Å². The molecule has 0 amide bonds. The van der Waals surface area contributed by atoms with Crippen LogP contribution in [0.2, 0.25) is 0 Å². The Morgan fingerprint density at radius 1 is 0.304 bits per heavy atom. The maximum absolute atomic E-state index is 5.62. The Morgan fingerprint density at radius 3 is 1.04 bits per heavy atom. The molecule has 0 fully saturated rings. The van der Waals surface area contributed by atoms with E-state index in [1.54, 1.807) is 0 Å². The van der Waals surface area contributed by atoms with Crippen molar-refractivity contribution in [3.8, 4) is 78.7 Å². The third-order valence-electron chi connectivity index (χ3n) is 15.6. The summed E-state index contributed by atoms with van der Waals surface area (Å²) in [5.74, 6) is 1.85. The number of fused-ring (bicyclic) bond motifs is 4. The van der Waals surface area contributed by atoms with Crippen molar-refractivity contribution >= 4 is 57.2 Å². The second kappa shape index (κ2) is 19.6. The summed E-state index contributed by atoms with van der Waals surface area (Å²) in [5, 5.41) is 0. The van der Waals surface area contributed by atoms with Gasteiger partial charge in [-0.1, -0.05) is 251 Å². The van der Waals surface area contributed by atoms with E-state index in [9.17, 15) is 0 Å².